The summed E-state index contributed by atoms with van der Waals surface area (Å²) in [4.78, 5) is 50.1. The van der Waals surface area contributed by atoms with Gasteiger partial charge in [-0.25, -0.2) is 0 Å². The zero-order valence-corrected chi connectivity index (χ0v) is 19.3. The number of hydrogen-bond acceptors (Lipinski definition) is 6. The van der Waals surface area contributed by atoms with Crippen LogP contribution in [0.4, 0.5) is 0 Å². The minimum absolute atomic E-state index is 0.152. The summed E-state index contributed by atoms with van der Waals surface area (Å²) in [6.45, 7) is 7.57. The largest absolute Gasteiger partial charge is 0.469 e. The van der Waals surface area contributed by atoms with E-state index in [-0.39, 0.29) is 36.3 Å². The van der Waals surface area contributed by atoms with E-state index < -0.39 is 10.8 Å². The van der Waals surface area contributed by atoms with Crippen LogP contribution in [0.1, 0.15) is 83.5 Å². The molecular weight excluding hydrogens is 408 g/mol. The predicted octanol–water partition coefficient (Wildman–Crippen LogP) is 4.14. The highest BCUT2D eigenvalue weighted by Crippen LogP contribution is 2.36. The molecule has 2 aromatic rings. The average Bonchev–Trinajstić information content (AvgIpc) is 2.75. The number of rotatable bonds is 6. The summed E-state index contributed by atoms with van der Waals surface area (Å²) in [6.07, 6.45) is 0.305. The van der Waals surface area contributed by atoms with Crippen LogP contribution in [0.15, 0.2) is 36.4 Å². The van der Waals surface area contributed by atoms with E-state index in [1.165, 1.54) is 14.2 Å². The van der Waals surface area contributed by atoms with Crippen molar-refractivity contribution >= 4 is 23.5 Å². The first kappa shape index (κ1) is 23.4. The van der Waals surface area contributed by atoms with E-state index in [0.717, 1.165) is 11.1 Å². The Morgan fingerprint density at radius 3 is 1.31 bits per heavy atom. The molecule has 0 spiro atoms. The molecule has 6 heteroatoms. The number of methoxy groups -OCH3 is 2. The third kappa shape index (κ3) is 4.22. The van der Waals surface area contributed by atoms with Gasteiger partial charge in [0, 0.05) is 33.1 Å². The maximum Gasteiger partial charge on any atom is 0.306 e. The summed E-state index contributed by atoms with van der Waals surface area (Å²) in [6, 6.07) is 10.3. The van der Waals surface area contributed by atoms with Gasteiger partial charge in [0.15, 0.2) is 11.6 Å². The zero-order valence-electron chi connectivity index (χ0n) is 19.3. The van der Waals surface area contributed by atoms with E-state index in [2.05, 4.69) is 0 Å². The number of ether oxygens (including phenoxy) is 2. The van der Waals surface area contributed by atoms with Crippen LogP contribution in [0.25, 0.3) is 0 Å². The molecule has 0 aromatic heterocycles. The van der Waals surface area contributed by atoms with Gasteiger partial charge in [-0.1, -0.05) is 39.8 Å². The highest BCUT2D eigenvalue weighted by molar-refractivity contribution is 6.28. The molecule has 3 rings (SSSR count). The molecule has 32 heavy (non-hydrogen) atoms. The summed E-state index contributed by atoms with van der Waals surface area (Å²) >= 11 is 0. The standard InChI is InChI=1S/C26H28O6/c1-25(2,13-21(27)31-5)15-7-9-17-19(11-15)23(29)18-10-8-16(12-20(18)24(17)30)26(3,4)14-22(28)32-6/h7-12H,13-14H2,1-6H3. The van der Waals surface area contributed by atoms with Gasteiger partial charge in [0.25, 0.3) is 0 Å². The Morgan fingerprint density at radius 1 is 0.656 bits per heavy atom. The van der Waals surface area contributed by atoms with Crippen LogP contribution in [-0.2, 0) is 29.9 Å². The molecular formula is C26H28O6. The van der Waals surface area contributed by atoms with Gasteiger partial charge < -0.3 is 9.47 Å². The van der Waals surface area contributed by atoms with Crippen LogP contribution in [0.2, 0.25) is 0 Å². The van der Waals surface area contributed by atoms with Crippen molar-refractivity contribution in [1.29, 1.82) is 0 Å². The zero-order chi connectivity index (χ0) is 23.8. The van der Waals surface area contributed by atoms with Crippen LogP contribution in [0.3, 0.4) is 0 Å². The Hall–Kier alpha value is -3.28. The second-order valence-electron chi connectivity index (χ2n) is 9.45. The lowest BCUT2D eigenvalue weighted by Crippen LogP contribution is -2.27. The molecule has 0 bridgehead atoms. The predicted molar refractivity (Wildman–Crippen MR) is 119 cm³/mol. The number of benzene rings is 2. The number of esters is 2. The fraction of sp³-hybridized carbons (Fsp3) is 0.385. The van der Waals surface area contributed by atoms with E-state index >= 15 is 0 Å². The molecule has 2 aromatic carbocycles. The molecule has 0 N–H and O–H groups in total. The normalized spacial score (nSPS) is 13.3. The van der Waals surface area contributed by atoms with Crippen molar-refractivity contribution in [1.82, 2.24) is 0 Å². The van der Waals surface area contributed by atoms with Gasteiger partial charge in [-0.2, -0.15) is 0 Å². The monoisotopic (exact) mass is 436 g/mol. The topological polar surface area (TPSA) is 86.7 Å². The van der Waals surface area contributed by atoms with E-state index in [1.807, 2.05) is 27.7 Å². The lowest BCUT2D eigenvalue weighted by atomic mass is 9.75. The molecule has 0 amide bonds. The second-order valence-corrected chi connectivity index (χ2v) is 9.45. The summed E-state index contributed by atoms with van der Waals surface area (Å²) in [5, 5.41) is 0. The van der Waals surface area contributed by atoms with Crippen molar-refractivity contribution in [2.24, 2.45) is 0 Å². The molecule has 0 saturated heterocycles. The third-order valence-corrected chi connectivity index (χ3v) is 6.21. The van der Waals surface area contributed by atoms with Gasteiger partial charge in [-0.3, -0.25) is 19.2 Å². The highest BCUT2D eigenvalue weighted by atomic mass is 16.5. The molecule has 0 radical (unpaired) electrons. The Labute approximate surface area is 187 Å². The minimum atomic E-state index is -0.562. The third-order valence-electron chi connectivity index (χ3n) is 6.21. The number of carbonyl (C=O) groups excluding carboxylic acids is 4. The lowest BCUT2D eigenvalue weighted by Gasteiger charge is -2.28. The van der Waals surface area contributed by atoms with Crippen LogP contribution in [0.5, 0.6) is 0 Å². The summed E-state index contributed by atoms with van der Waals surface area (Å²) < 4.78 is 9.57. The van der Waals surface area contributed by atoms with Gasteiger partial charge in [0.2, 0.25) is 0 Å². The molecule has 0 aliphatic heterocycles. The second kappa shape index (κ2) is 8.34. The molecule has 0 atom stereocenters. The quantitative estimate of drug-likeness (QED) is 0.540. The van der Waals surface area contributed by atoms with Gasteiger partial charge in [-0.15, -0.1) is 0 Å². The molecule has 168 valence electrons. The van der Waals surface area contributed by atoms with Crippen molar-refractivity contribution in [3.8, 4) is 0 Å². The molecule has 1 aliphatic carbocycles. The van der Waals surface area contributed by atoms with E-state index in [1.54, 1.807) is 36.4 Å². The Kier molecular flexibility index (Phi) is 6.09. The number of ketones is 2. The van der Waals surface area contributed by atoms with Crippen molar-refractivity contribution in [2.75, 3.05) is 14.2 Å². The minimum Gasteiger partial charge on any atom is -0.469 e. The lowest BCUT2D eigenvalue weighted by molar-refractivity contribution is -0.142. The van der Waals surface area contributed by atoms with Gasteiger partial charge >= 0.3 is 11.9 Å². The van der Waals surface area contributed by atoms with Gasteiger partial charge in [-0.05, 0) is 35.4 Å². The summed E-state index contributed by atoms with van der Waals surface area (Å²) in [5.41, 5.74) is 1.77. The first-order valence-electron chi connectivity index (χ1n) is 10.4. The van der Waals surface area contributed by atoms with Gasteiger partial charge in [0.1, 0.15) is 0 Å². The fourth-order valence-corrected chi connectivity index (χ4v) is 4.06. The Balaban J connectivity index is 2.02. The van der Waals surface area contributed by atoms with Crippen molar-refractivity contribution in [2.45, 2.75) is 51.4 Å². The SMILES string of the molecule is COC(=O)CC(C)(C)c1ccc2c(c1)C(=O)c1ccc(C(C)(C)CC(=O)OC)cc1C2=O. The molecule has 6 nitrogen and oxygen atoms in total. The van der Waals surface area contributed by atoms with E-state index in [9.17, 15) is 19.2 Å². The Bertz CT molecular complexity index is 1030. The van der Waals surface area contributed by atoms with E-state index in [4.69, 9.17) is 9.47 Å². The van der Waals surface area contributed by atoms with Crippen molar-refractivity contribution < 1.29 is 28.7 Å². The van der Waals surface area contributed by atoms with Gasteiger partial charge in [0.05, 0.1) is 27.1 Å². The first-order valence-corrected chi connectivity index (χ1v) is 10.4. The number of hydrogen-bond donors (Lipinski definition) is 0. The maximum absolute atomic E-state index is 13.3. The average molecular weight is 437 g/mol. The number of carbonyl (C=O) groups is 4. The molecule has 0 saturated carbocycles. The molecule has 0 unspecified atom stereocenters. The van der Waals surface area contributed by atoms with Crippen molar-refractivity contribution in [3.05, 3.63) is 69.8 Å². The van der Waals surface area contributed by atoms with E-state index in [0.29, 0.717) is 22.3 Å². The summed E-state index contributed by atoms with van der Waals surface area (Å²) in [5.74, 6) is -1.16. The Morgan fingerprint density at radius 2 is 1.00 bits per heavy atom. The first-order chi connectivity index (χ1) is 14.9. The van der Waals surface area contributed by atoms with Crippen LogP contribution < -0.4 is 0 Å². The highest BCUT2D eigenvalue weighted by Gasteiger charge is 2.34. The fourth-order valence-electron chi connectivity index (χ4n) is 4.06. The molecule has 1 aliphatic rings. The molecule has 0 fully saturated rings. The number of fused-ring (bicyclic) bond motifs is 2. The van der Waals surface area contributed by atoms with Crippen molar-refractivity contribution in [3.63, 3.8) is 0 Å². The van der Waals surface area contributed by atoms with Crippen LogP contribution in [-0.4, -0.2) is 37.7 Å². The van der Waals surface area contributed by atoms with Crippen LogP contribution in [0, 0.1) is 0 Å². The summed E-state index contributed by atoms with van der Waals surface area (Å²) in [7, 11) is 2.68. The molecule has 0 heterocycles. The van der Waals surface area contributed by atoms with Crippen LogP contribution >= 0.6 is 0 Å². The smallest absolute Gasteiger partial charge is 0.306 e. The maximum atomic E-state index is 13.3.